The van der Waals surface area contributed by atoms with Gasteiger partial charge in [0.25, 0.3) is 5.91 Å². The van der Waals surface area contributed by atoms with Gasteiger partial charge in [0.1, 0.15) is 5.69 Å². The lowest BCUT2D eigenvalue weighted by molar-refractivity contribution is 0.0948. The molecule has 0 aromatic carbocycles. The van der Waals surface area contributed by atoms with Crippen molar-refractivity contribution in [3.8, 4) is 0 Å². The lowest BCUT2D eigenvalue weighted by Crippen LogP contribution is -2.31. The summed E-state index contributed by atoms with van der Waals surface area (Å²) in [5, 5.41) is 0. The minimum Gasteiger partial charge on any atom is -0.300 e. The van der Waals surface area contributed by atoms with Gasteiger partial charge in [0.05, 0.1) is 5.69 Å². The molecule has 0 atom stereocenters. The van der Waals surface area contributed by atoms with E-state index in [0.29, 0.717) is 12.2 Å². The minimum absolute atomic E-state index is 0.331. The minimum atomic E-state index is -0.378. The molecule has 3 N–H and O–H groups in total. The molecule has 2 heterocycles. The number of nitrogen functional groups attached to an aromatic ring is 1. The van der Waals surface area contributed by atoms with Crippen molar-refractivity contribution in [1.82, 2.24) is 20.3 Å². The van der Waals surface area contributed by atoms with Crippen LogP contribution in [0.25, 0.3) is 0 Å². The molecule has 0 unspecified atom stereocenters. The number of nitrogens with two attached hydrogens (primary N) is 1. The molecule has 0 aliphatic carbocycles. The highest BCUT2D eigenvalue weighted by Gasteiger charge is 2.07. The maximum absolute atomic E-state index is 11.4. The van der Waals surface area contributed by atoms with Crippen LogP contribution < -0.4 is 11.3 Å². The second kappa shape index (κ2) is 7.47. The number of rotatable bonds is 6. The molecule has 2 aromatic heterocycles. The van der Waals surface area contributed by atoms with Crippen LogP contribution in [0.4, 0.5) is 0 Å². The average molecular weight is 285 g/mol. The fourth-order valence-corrected chi connectivity index (χ4v) is 1.99. The molecule has 0 aliphatic rings. The van der Waals surface area contributed by atoms with Crippen LogP contribution >= 0.6 is 0 Å². The Morgan fingerprint density at radius 1 is 1.29 bits per heavy atom. The first-order valence-electron chi connectivity index (χ1n) is 6.73. The molecule has 0 fully saturated rings. The number of amides is 1. The number of nitrogens with zero attached hydrogens (tertiary/aromatic N) is 3. The second-order valence-corrected chi connectivity index (χ2v) is 4.83. The van der Waals surface area contributed by atoms with E-state index in [9.17, 15) is 4.79 Å². The number of carbonyl (C=O) groups excluding carboxylic acids is 1. The quantitative estimate of drug-likeness (QED) is 0.465. The maximum atomic E-state index is 11.4. The van der Waals surface area contributed by atoms with Crippen molar-refractivity contribution in [2.75, 3.05) is 13.6 Å². The first kappa shape index (κ1) is 15.1. The Bertz CT molecular complexity index is 588. The summed E-state index contributed by atoms with van der Waals surface area (Å²) in [5.41, 5.74) is 4.51. The molecule has 2 rings (SSSR count). The number of carbonyl (C=O) groups is 1. The van der Waals surface area contributed by atoms with E-state index < -0.39 is 0 Å². The topological polar surface area (TPSA) is 84.1 Å². The summed E-state index contributed by atoms with van der Waals surface area (Å²) in [7, 11) is 2.03. The molecule has 0 spiro atoms. The maximum Gasteiger partial charge on any atom is 0.283 e. The van der Waals surface area contributed by atoms with Gasteiger partial charge in [-0.25, -0.2) is 10.8 Å². The van der Waals surface area contributed by atoms with E-state index in [2.05, 4.69) is 20.3 Å². The highest BCUT2D eigenvalue weighted by atomic mass is 16.2. The van der Waals surface area contributed by atoms with E-state index in [4.69, 9.17) is 5.84 Å². The van der Waals surface area contributed by atoms with Gasteiger partial charge in [-0.2, -0.15) is 0 Å². The van der Waals surface area contributed by atoms with Crippen LogP contribution in [0.5, 0.6) is 0 Å². The Balaban J connectivity index is 1.90. The first-order chi connectivity index (χ1) is 10.2. The van der Waals surface area contributed by atoms with Crippen LogP contribution in [0, 0.1) is 0 Å². The largest absolute Gasteiger partial charge is 0.300 e. The first-order valence-corrected chi connectivity index (χ1v) is 6.73. The fourth-order valence-electron chi connectivity index (χ4n) is 1.99. The molecule has 0 aliphatic heterocycles. The zero-order valence-electron chi connectivity index (χ0n) is 12.0. The van der Waals surface area contributed by atoms with E-state index in [1.807, 2.05) is 31.3 Å². The van der Waals surface area contributed by atoms with Crippen LogP contribution in [0.15, 0.2) is 42.7 Å². The summed E-state index contributed by atoms with van der Waals surface area (Å²) >= 11 is 0. The molecule has 0 bridgehead atoms. The lowest BCUT2D eigenvalue weighted by atomic mass is 10.2. The lowest BCUT2D eigenvalue weighted by Gasteiger charge is -2.16. The second-order valence-electron chi connectivity index (χ2n) is 4.83. The van der Waals surface area contributed by atoms with E-state index in [1.165, 1.54) is 5.56 Å². The Labute approximate surface area is 124 Å². The van der Waals surface area contributed by atoms with Gasteiger partial charge >= 0.3 is 0 Å². The summed E-state index contributed by atoms with van der Waals surface area (Å²) in [6.07, 6.45) is 4.54. The van der Waals surface area contributed by atoms with E-state index in [1.54, 1.807) is 18.5 Å². The van der Waals surface area contributed by atoms with Crippen molar-refractivity contribution in [3.63, 3.8) is 0 Å². The van der Waals surface area contributed by atoms with Gasteiger partial charge in [0.15, 0.2) is 0 Å². The molecule has 110 valence electrons. The molecule has 6 nitrogen and oxygen atoms in total. The zero-order valence-corrected chi connectivity index (χ0v) is 12.0. The molecular formula is C15H19N5O. The van der Waals surface area contributed by atoms with Gasteiger partial charge in [0.2, 0.25) is 0 Å². The standard InChI is InChI=1S/C15H19N5O/c1-20(10-7-12-5-8-17-9-6-12)11-13-3-2-4-14(18-13)15(21)19-16/h2-6,8-9H,7,10-11,16H2,1H3,(H,19,21). The summed E-state index contributed by atoms with van der Waals surface area (Å²) in [4.78, 5) is 21.9. The third-order valence-corrected chi connectivity index (χ3v) is 3.13. The van der Waals surface area contributed by atoms with Gasteiger partial charge in [-0.15, -0.1) is 0 Å². The van der Waals surface area contributed by atoms with Crippen LogP contribution in [0.2, 0.25) is 0 Å². The zero-order chi connectivity index (χ0) is 15.1. The predicted octanol–water partition coefficient (Wildman–Crippen LogP) is 0.755. The molecule has 1 amide bonds. The van der Waals surface area contributed by atoms with E-state index in [-0.39, 0.29) is 5.91 Å². The molecule has 0 saturated carbocycles. The highest BCUT2D eigenvalue weighted by Crippen LogP contribution is 2.04. The Morgan fingerprint density at radius 3 is 2.76 bits per heavy atom. The fraction of sp³-hybridized carbons (Fsp3) is 0.267. The number of pyridine rings is 2. The van der Waals surface area contributed by atoms with Gasteiger partial charge < -0.3 is 4.90 Å². The van der Waals surface area contributed by atoms with E-state index in [0.717, 1.165) is 18.7 Å². The van der Waals surface area contributed by atoms with E-state index >= 15 is 0 Å². The van der Waals surface area contributed by atoms with Crippen LogP contribution in [0.3, 0.4) is 0 Å². The normalized spacial score (nSPS) is 10.6. The molecule has 6 heteroatoms. The summed E-state index contributed by atoms with van der Waals surface area (Å²) in [6.45, 7) is 1.58. The van der Waals surface area contributed by atoms with Gasteiger partial charge in [-0.05, 0) is 43.3 Å². The van der Waals surface area contributed by atoms with Gasteiger partial charge in [0, 0.05) is 25.5 Å². The number of hydrogen-bond donors (Lipinski definition) is 2. The smallest absolute Gasteiger partial charge is 0.283 e. The Morgan fingerprint density at radius 2 is 2.05 bits per heavy atom. The molecular weight excluding hydrogens is 266 g/mol. The monoisotopic (exact) mass is 285 g/mol. The van der Waals surface area contributed by atoms with Gasteiger partial charge in [-0.3, -0.25) is 15.2 Å². The van der Waals surface area contributed by atoms with Crippen LogP contribution in [-0.2, 0) is 13.0 Å². The van der Waals surface area contributed by atoms with Crippen molar-refractivity contribution >= 4 is 5.91 Å². The third kappa shape index (κ3) is 4.62. The molecule has 2 aromatic rings. The summed E-state index contributed by atoms with van der Waals surface area (Å²) in [6, 6.07) is 9.37. The Kier molecular flexibility index (Phi) is 5.36. The molecule has 0 radical (unpaired) electrons. The Hall–Kier alpha value is -2.31. The van der Waals surface area contributed by atoms with Crippen molar-refractivity contribution in [3.05, 3.63) is 59.7 Å². The molecule has 21 heavy (non-hydrogen) atoms. The summed E-state index contributed by atoms with van der Waals surface area (Å²) in [5.74, 6) is 4.73. The average Bonchev–Trinajstić information content (AvgIpc) is 2.53. The molecule has 0 saturated heterocycles. The van der Waals surface area contributed by atoms with Crippen molar-refractivity contribution < 1.29 is 4.79 Å². The number of nitrogens with one attached hydrogen (secondary N) is 1. The highest BCUT2D eigenvalue weighted by molar-refractivity contribution is 5.91. The number of aromatic nitrogens is 2. The van der Waals surface area contributed by atoms with Crippen LogP contribution in [0.1, 0.15) is 21.7 Å². The SMILES string of the molecule is CN(CCc1ccncc1)Cc1cccc(C(=O)NN)n1. The van der Waals surface area contributed by atoms with Crippen molar-refractivity contribution in [2.45, 2.75) is 13.0 Å². The van der Waals surface area contributed by atoms with Gasteiger partial charge in [-0.1, -0.05) is 6.07 Å². The van der Waals surface area contributed by atoms with Crippen molar-refractivity contribution in [2.24, 2.45) is 5.84 Å². The number of likely N-dealkylation sites (N-methyl/N-ethyl adjacent to an activating group) is 1. The number of hydrogen-bond acceptors (Lipinski definition) is 5. The van der Waals surface area contributed by atoms with Crippen LogP contribution in [-0.4, -0.2) is 34.4 Å². The summed E-state index contributed by atoms with van der Waals surface area (Å²) < 4.78 is 0. The predicted molar refractivity (Wildman–Crippen MR) is 80.2 cm³/mol. The van der Waals surface area contributed by atoms with Crippen molar-refractivity contribution in [1.29, 1.82) is 0 Å². The third-order valence-electron chi connectivity index (χ3n) is 3.13. The number of hydrazine groups is 1.